The van der Waals surface area contributed by atoms with Crippen LogP contribution in [0.1, 0.15) is 57.1 Å². The minimum absolute atomic E-state index is 0.309. The second kappa shape index (κ2) is 5.22. The van der Waals surface area contributed by atoms with Crippen LogP contribution in [0.4, 0.5) is 0 Å². The molecule has 2 saturated carbocycles. The average Bonchev–Trinajstić information content (AvgIpc) is 3.26. The van der Waals surface area contributed by atoms with E-state index in [9.17, 15) is 0 Å². The Morgan fingerprint density at radius 2 is 1.21 bits per heavy atom. The van der Waals surface area contributed by atoms with Gasteiger partial charge in [-0.15, -0.1) is 0 Å². The number of hydrogen-bond donors (Lipinski definition) is 0. The molecular weight excluding hydrogens is 288 g/mol. The first kappa shape index (κ1) is 14.8. The molecule has 0 nitrogen and oxygen atoms in total. The van der Waals surface area contributed by atoms with E-state index in [1.165, 1.54) is 43.2 Å². The fourth-order valence-electron chi connectivity index (χ4n) is 6.76. The number of fused-ring (bicyclic) bond motifs is 6. The number of benzene rings is 2. The molecular formula is C24H28. The molecule has 2 aromatic carbocycles. The number of rotatable bonds is 2. The summed E-state index contributed by atoms with van der Waals surface area (Å²) in [6, 6.07) is 18.5. The van der Waals surface area contributed by atoms with Crippen LogP contribution in [0.5, 0.6) is 0 Å². The Morgan fingerprint density at radius 1 is 0.750 bits per heavy atom. The van der Waals surface area contributed by atoms with Crippen LogP contribution in [0.25, 0.3) is 11.1 Å². The zero-order chi connectivity index (χ0) is 16.3. The van der Waals surface area contributed by atoms with Crippen LogP contribution in [0.15, 0.2) is 48.5 Å². The summed E-state index contributed by atoms with van der Waals surface area (Å²) in [5.41, 5.74) is 6.59. The van der Waals surface area contributed by atoms with Gasteiger partial charge >= 0.3 is 0 Å². The van der Waals surface area contributed by atoms with E-state index in [1.807, 2.05) is 0 Å². The molecule has 1 spiro atoms. The first-order chi connectivity index (χ1) is 11.8. The molecule has 0 heteroatoms. The van der Waals surface area contributed by atoms with Crippen LogP contribution in [-0.2, 0) is 5.41 Å². The van der Waals surface area contributed by atoms with Gasteiger partial charge in [0.25, 0.3) is 0 Å². The Morgan fingerprint density at radius 3 is 1.67 bits per heavy atom. The van der Waals surface area contributed by atoms with Gasteiger partial charge in [-0.05, 0) is 65.2 Å². The van der Waals surface area contributed by atoms with E-state index < -0.39 is 0 Å². The van der Waals surface area contributed by atoms with Crippen molar-refractivity contribution >= 4 is 0 Å². The largest absolute Gasteiger partial charge is 0.0651 e. The molecule has 0 aliphatic heterocycles. The third kappa shape index (κ3) is 1.75. The zero-order valence-electron chi connectivity index (χ0n) is 15.0. The molecule has 3 aliphatic carbocycles. The monoisotopic (exact) mass is 316 g/mol. The fourth-order valence-corrected chi connectivity index (χ4v) is 6.76. The maximum Gasteiger partial charge on any atom is 0.0220 e. The van der Waals surface area contributed by atoms with Crippen LogP contribution in [0.2, 0.25) is 0 Å². The highest BCUT2D eigenvalue weighted by Crippen LogP contribution is 2.65. The molecule has 4 atom stereocenters. The Balaban J connectivity index is 1.67. The summed E-state index contributed by atoms with van der Waals surface area (Å²) < 4.78 is 0. The van der Waals surface area contributed by atoms with Crippen LogP contribution in [0, 0.1) is 23.7 Å². The summed E-state index contributed by atoms with van der Waals surface area (Å²) >= 11 is 0. The van der Waals surface area contributed by atoms with Crippen LogP contribution in [-0.4, -0.2) is 0 Å². The highest BCUT2D eigenvalue weighted by atomic mass is 14.6. The van der Waals surface area contributed by atoms with E-state index in [1.54, 1.807) is 11.1 Å². The van der Waals surface area contributed by atoms with Gasteiger partial charge in [-0.2, -0.15) is 0 Å². The van der Waals surface area contributed by atoms with Gasteiger partial charge in [0.1, 0.15) is 0 Å². The van der Waals surface area contributed by atoms with Gasteiger partial charge in [-0.1, -0.05) is 75.2 Å². The van der Waals surface area contributed by atoms with Gasteiger partial charge in [0.2, 0.25) is 0 Å². The third-order valence-electron chi connectivity index (χ3n) is 7.76. The van der Waals surface area contributed by atoms with Gasteiger partial charge in [-0.25, -0.2) is 0 Å². The van der Waals surface area contributed by atoms with E-state index in [0.29, 0.717) is 5.41 Å². The molecule has 0 saturated heterocycles. The summed E-state index contributed by atoms with van der Waals surface area (Å²) in [6.07, 6.45) is 7.01. The average molecular weight is 316 g/mol. The second-order valence-corrected chi connectivity index (χ2v) is 8.48. The van der Waals surface area contributed by atoms with E-state index >= 15 is 0 Å². The molecule has 5 rings (SSSR count). The molecule has 0 aromatic heterocycles. The maximum atomic E-state index is 2.43. The predicted molar refractivity (Wildman–Crippen MR) is 101 cm³/mol. The summed E-state index contributed by atoms with van der Waals surface area (Å²) in [5.74, 6) is 3.80. The minimum Gasteiger partial charge on any atom is -0.0651 e. The predicted octanol–water partition coefficient (Wildman–Crippen LogP) is 6.44. The summed E-state index contributed by atoms with van der Waals surface area (Å²) in [7, 11) is 0. The summed E-state index contributed by atoms with van der Waals surface area (Å²) in [5, 5.41) is 0. The lowest BCUT2D eigenvalue weighted by molar-refractivity contribution is 0.323. The van der Waals surface area contributed by atoms with Crippen molar-refractivity contribution in [3.05, 3.63) is 59.7 Å². The highest BCUT2D eigenvalue weighted by Gasteiger charge is 2.57. The van der Waals surface area contributed by atoms with Crippen LogP contribution >= 0.6 is 0 Å². The van der Waals surface area contributed by atoms with Crippen molar-refractivity contribution in [2.75, 3.05) is 0 Å². The first-order valence-corrected chi connectivity index (χ1v) is 9.98. The van der Waals surface area contributed by atoms with E-state index in [0.717, 1.165) is 23.7 Å². The zero-order valence-corrected chi connectivity index (χ0v) is 15.0. The lowest BCUT2D eigenvalue weighted by Gasteiger charge is -2.30. The van der Waals surface area contributed by atoms with Crippen LogP contribution in [0.3, 0.4) is 0 Å². The van der Waals surface area contributed by atoms with Crippen molar-refractivity contribution in [2.24, 2.45) is 23.7 Å². The smallest absolute Gasteiger partial charge is 0.0220 e. The summed E-state index contributed by atoms with van der Waals surface area (Å²) in [6.45, 7) is 4.84. The van der Waals surface area contributed by atoms with Gasteiger partial charge in [0.05, 0.1) is 0 Å². The minimum atomic E-state index is 0.309. The molecule has 0 amide bonds. The fraction of sp³-hybridized carbons (Fsp3) is 0.500. The molecule has 0 heterocycles. The molecule has 3 aliphatic rings. The molecule has 0 N–H and O–H groups in total. The van der Waals surface area contributed by atoms with Crippen molar-refractivity contribution in [1.29, 1.82) is 0 Å². The van der Waals surface area contributed by atoms with E-state index in [2.05, 4.69) is 62.4 Å². The number of hydrogen-bond acceptors (Lipinski definition) is 0. The Kier molecular flexibility index (Phi) is 3.21. The molecule has 2 aromatic rings. The van der Waals surface area contributed by atoms with Gasteiger partial charge in [0.15, 0.2) is 0 Å². The Bertz CT molecular complexity index is 706. The third-order valence-corrected chi connectivity index (χ3v) is 7.76. The van der Waals surface area contributed by atoms with E-state index in [4.69, 9.17) is 0 Å². The molecule has 0 bridgehead atoms. The lowest BCUT2D eigenvalue weighted by Crippen LogP contribution is -2.24. The quantitative estimate of drug-likeness (QED) is 0.598. The Hall–Kier alpha value is -1.56. The van der Waals surface area contributed by atoms with Gasteiger partial charge in [-0.3, -0.25) is 0 Å². The molecule has 124 valence electrons. The topological polar surface area (TPSA) is 0 Å². The molecule has 0 radical (unpaired) electrons. The SMILES string of the molecule is CC[C@@H]1C[C@H](CC)[C@@H]2CC3(C[C@H]12)c1ccccc1-c1ccccc13. The Labute approximate surface area is 146 Å². The molecule has 24 heavy (non-hydrogen) atoms. The van der Waals surface area contributed by atoms with E-state index in [-0.39, 0.29) is 0 Å². The molecule has 0 unspecified atom stereocenters. The van der Waals surface area contributed by atoms with Crippen molar-refractivity contribution in [1.82, 2.24) is 0 Å². The van der Waals surface area contributed by atoms with Crippen molar-refractivity contribution in [3.8, 4) is 11.1 Å². The lowest BCUT2D eigenvalue weighted by atomic mass is 9.73. The standard InChI is InChI=1S/C24H28/c1-3-16-13-17(4-2)21-15-24(14-20(16)21)22-11-7-5-9-18(22)19-10-6-8-12-23(19)24/h5-12,16-17,20-21H,3-4,13-15H2,1-2H3/t16-,17+,20-,21+. The highest BCUT2D eigenvalue weighted by molar-refractivity contribution is 5.81. The van der Waals surface area contributed by atoms with Crippen molar-refractivity contribution in [3.63, 3.8) is 0 Å². The summed E-state index contributed by atoms with van der Waals surface area (Å²) in [4.78, 5) is 0. The molecule has 2 fully saturated rings. The normalized spacial score (nSPS) is 31.9. The maximum absolute atomic E-state index is 2.43. The first-order valence-electron chi connectivity index (χ1n) is 9.98. The van der Waals surface area contributed by atoms with Crippen LogP contribution < -0.4 is 0 Å². The second-order valence-electron chi connectivity index (χ2n) is 8.48. The van der Waals surface area contributed by atoms with Gasteiger partial charge < -0.3 is 0 Å². The van der Waals surface area contributed by atoms with Crippen molar-refractivity contribution in [2.45, 2.75) is 51.4 Å². The van der Waals surface area contributed by atoms with Crippen molar-refractivity contribution < 1.29 is 0 Å². The van der Waals surface area contributed by atoms with Gasteiger partial charge in [0, 0.05) is 5.41 Å².